The molecule has 0 spiro atoms. The van der Waals surface area contributed by atoms with Crippen LogP contribution in [0.5, 0.6) is 5.75 Å². The molecule has 0 radical (unpaired) electrons. The van der Waals surface area contributed by atoms with Gasteiger partial charge in [-0.15, -0.1) is 0 Å². The van der Waals surface area contributed by atoms with Crippen LogP contribution in [0.4, 0.5) is 5.69 Å². The summed E-state index contributed by atoms with van der Waals surface area (Å²) in [6.45, 7) is 1.97. The number of nitrogens with one attached hydrogen (secondary N) is 2. The summed E-state index contributed by atoms with van der Waals surface area (Å²) < 4.78 is 10.5. The predicted octanol–water partition coefficient (Wildman–Crippen LogP) is 3.97. The first-order valence-corrected chi connectivity index (χ1v) is 11.0. The fraction of sp³-hybridized carbons (Fsp3) is 0.222. The van der Waals surface area contributed by atoms with Gasteiger partial charge in [0.05, 0.1) is 19.6 Å². The second kappa shape index (κ2) is 10.2. The fourth-order valence-electron chi connectivity index (χ4n) is 3.83. The topological polar surface area (TPSA) is 93.7 Å². The highest BCUT2D eigenvalue weighted by Gasteiger charge is 2.29. The van der Waals surface area contributed by atoms with E-state index >= 15 is 0 Å². The Bertz CT molecular complexity index is 1180. The third kappa shape index (κ3) is 5.43. The van der Waals surface area contributed by atoms with Crippen LogP contribution in [0.15, 0.2) is 72.8 Å². The minimum atomic E-state index is -0.624. The first-order chi connectivity index (χ1) is 16.4. The molecular formula is C27H26N2O5. The lowest BCUT2D eigenvalue weighted by Gasteiger charge is -2.19. The number of anilines is 1. The molecular weight excluding hydrogens is 432 g/mol. The largest absolute Gasteiger partial charge is 0.480 e. The van der Waals surface area contributed by atoms with Crippen molar-refractivity contribution in [2.75, 3.05) is 12.4 Å². The van der Waals surface area contributed by atoms with Crippen LogP contribution in [0, 0.1) is 6.92 Å². The molecule has 0 fully saturated rings. The summed E-state index contributed by atoms with van der Waals surface area (Å²) in [5.41, 5.74) is 3.70. The number of fused-ring (bicyclic) bond motifs is 1. The van der Waals surface area contributed by atoms with Gasteiger partial charge < -0.3 is 20.1 Å². The molecule has 4 rings (SSSR count). The van der Waals surface area contributed by atoms with Crippen molar-refractivity contribution in [3.63, 3.8) is 0 Å². The molecule has 0 aromatic heterocycles. The lowest BCUT2D eigenvalue weighted by molar-refractivity contribution is -0.141. The van der Waals surface area contributed by atoms with Gasteiger partial charge in [-0.1, -0.05) is 54.1 Å². The number of amides is 2. The van der Waals surface area contributed by atoms with Crippen LogP contribution < -0.4 is 15.4 Å². The number of hydrogen-bond acceptors (Lipinski definition) is 5. The van der Waals surface area contributed by atoms with Gasteiger partial charge in [-0.2, -0.15) is 0 Å². The van der Waals surface area contributed by atoms with Crippen molar-refractivity contribution in [1.82, 2.24) is 5.32 Å². The number of hydrogen-bond donors (Lipinski definition) is 2. The SMILES string of the molecule is COC(=O)CC(NC(=O)c1cccc(NC(=O)C2Cc3ccccc3O2)c1)c1ccc(C)cc1. The van der Waals surface area contributed by atoms with Crippen molar-refractivity contribution < 1.29 is 23.9 Å². The molecule has 2 amide bonds. The zero-order valence-electron chi connectivity index (χ0n) is 19.0. The molecule has 0 bridgehead atoms. The number of aryl methyl sites for hydroxylation is 1. The van der Waals surface area contributed by atoms with E-state index in [0.29, 0.717) is 23.4 Å². The van der Waals surface area contributed by atoms with E-state index in [0.717, 1.165) is 16.7 Å². The summed E-state index contributed by atoms with van der Waals surface area (Å²) in [4.78, 5) is 37.7. The molecule has 0 aliphatic carbocycles. The Balaban J connectivity index is 1.44. The van der Waals surface area contributed by atoms with Gasteiger partial charge in [0.25, 0.3) is 11.8 Å². The van der Waals surface area contributed by atoms with Crippen LogP contribution in [0.25, 0.3) is 0 Å². The number of methoxy groups -OCH3 is 1. The van der Waals surface area contributed by atoms with Crippen molar-refractivity contribution in [2.24, 2.45) is 0 Å². The smallest absolute Gasteiger partial charge is 0.307 e. The molecule has 2 atom stereocenters. The number of esters is 1. The molecule has 3 aromatic carbocycles. The summed E-state index contributed by atoms with van der Waals surface area (Å²) in [6, 6.07) is 21.2. The zero-order valence-corrected chi connectivity index (χ0v) is 19.0. The lowest BCUT2D eigenvalue weighted by Crippen LogP contribution is -2.32. The third-order valence-electron chi connectivity index (χ3n) is 5.72. The number of carbonyl (C=O) groups is 3. The summed E-state index contributed by atoms with van der Waals surface area (Å²) in [5, 5.41) is 5.73. The fourth-order valence-corrected chi connectivity index (χ4v) is 3.83. The van der Waals surface area contributed by atoms with Gasteiger partial charge in [0, 0.05) is 17.7 Å². The number of carbonyl (C=O) groups excluding carboxylic acids is 3. The standard InChI is InChI=1S/C27H26N2O5/c1-17-10-12-18(13-11-17)22(16-25(30)33-2)29-26(31)20-7-5-8-21(14-20)28-27(32)24-15-19-6-3-4-9-23(19)34-24/h3-14,22,24H,15-16H2,1-2H3,(H,28,32)(H,29,31). The lowest BCUT2D eigenvalue weighted by atomic mass is 10.0. The van der Waals surface area contributed by atoms with Crippen molar-refractivity contribution in [3.8, 4) is 5.75 Å². The van der Waals surface area contributed by atoms with E-state index in [1.54, 1.807) is 24.3 Å². The Morgan fingerprint density at radius 1 is 1.03 bits per heavy atom. The number of para-hydroxylation sites is 1. The highest BCUT2D eigenvalue weighted by Crippen LogP contribution is 2.29. The van der Waals surface area contributed by atoms with E-state index < -0.39 is 18.1 Å². The predicted molar refractivity (Wildman–Crippen MR) is 128 cm³/mol. The Kier molecular flexibility index (Phi) is 6.92. The van der Waals surface area contributed by atoms with Crippen molar-refractivity contribution in [3.05, 3.63) is 95.1 Å². The van der Waals surface area contributed by atoms with Crippen LogP contribution in [0.3, 0.4) is 0 Å². The zero-order chi connectivity index (χ0) is 24.1. The molecule has 174 valence electrons. The molecule has 2 unspecified atom stereocenters. The van der Waals surface area contributed by atoms with Crippen molar-refractivity contribution in [1.29, 1.82) is 0 Å². The molecule has 0 saturated carbocycles. The van der Waals surface area contributed by atoms with Crippen LogP contribution in [0.1, 0.15) is 39.5 Å². The van der Waals surface area contributed by atoms with Gasteiger partial charge in [0.1, 0.15) is 5.75 Å². The van der Waals surface area contributed by atoms with E-state index in [2.05, 4.69) is 10.6 Å². The van der Waals surface area contributed by atoms with E-state index in [9.17, 15) is 14.4 Å². The normalized spacial score (nSPS) is 14.9. The summed E-state index contributed by atoms with van der Waals surface area (Å²) in [7, 11) is 1.31. The molecule has 0 saturated heterocycles. The maximum atomic E-state index is 13.0. The first-order valence-electron chi connectivity index (χ1n) is 11.0. The van der Waals surface area contributed by atoms with Crippen LogP contribution in [0.2, 0.25) is 0 Å². The minimum Gasteiger partial charge on any atom is -0.480 e. The van der Waals surface area contributed by atoms with E-state index in [4.69, 9.17) is 9.47 Å². The number of rotatable bonds is 7. The highest BCUT2D eigenvalue weighted by atomic mass is 16.5. The van der Waals surface area contributed by atoms with Gasteiger partial charge in [-0.25, -0.2) is 0 Å². The first kappa shape index (κ1) is 23.0. The minimum absolute atomic E-state index is 0.00130. The molecule has 1 aliphatic heterocycles. The summed E-state index contributed by atoms with van der Waals surface area (Å²) >= 11 is 0. The molecule has 1 heterocycles. The molecule has 7 heteroatoms. The monoisotopic (exact) mass is 458 g/mol. The third-order valence-corrected chi connectivity index (χ3v) is 5.72. The van der Waals surface area contributed by atoms with Gasteiger partial charge in [-0.05, 0) is 42.3 Å². The van der Waals surface area contributed by atoms with Gasteiger partial charge >= 0.3 is 5.97 Å². The molecule has 1 aliphatic rings. The Labute approximate surface area is 198 Å². The number of ether oxygens (including phenoxy) is 2. The maximum absolute atomic E-state index is 13.0. The van der Waals surface area contributed by atoms with E-state index in [-0.39, 0.29) is 18.2 Å². The highest BCUT2D eigenvalue weighted by molar-refractivity contribution is 5.99. The Morgan fingerprint density at radius 3 is 2.53 bits per heavy atom. The van der Waals surface area contributed by atoms with Gasteiger partial charge in [-0.3, -0.25) is 14.4 Å². The van der Waals surface area contributed by atoms with Crippen LogP contribution in [-0.4, -0.2) is 31.0 Å². The Hall–Kier alpha value is -4.13. The summed E-state index contributed by atoms with van der Waals surface area (Å²) in [6.07, 6.45) is -0.129. The molecule has 34 heavy (non-hydrogen) atoms. The van der Waals surface area contributed by atoms with E-state index in [1.807, 2.05) is 55.5 Å². The van der Waals surface area contributed by atoms with E-state index in [1.165, 1.54) is 7.11 Å². The quantitative estimate of drug-likeness (QED) is 0.523. The summed E-state index contributed by atoms with van der Waals surface area (Å²) in [5.74, 6) is -0.361. The average molecular weight is 459 g/mol. The Morgan fingerprint density at radius 2 is 1.79 bits per heavy atom. The van der Waals surface area contributed by atoms with Gasteiger partial charge in [0.2, 0.25) is 0 Å². The van der Waals surface area contributed by atoms with Crippen LogP contribution in [-0.2, 0) is 20.7 Å². The number of benzene rings is 3. The van der Waals surface area contributed by atoms with Gasteiger partial charge in [0.15, 0.2) is 6.10 Å². The second-order valence-corrected chi connectivity index (χ2v) is 8.21. The molecule has 7 nitrogen and oxygen atoms in total. The second-order valence-electron chi connectivity index (χ2n) is 8.21. The maximum Gasteiger partial charge on any atom is 0.307 e. The van der Waals surface area contributed by atoms with Crippen LogP contribution >= 0.6 is 0 Å². The average Bonchev–Trinajstić information content (AvgIpc) is 3.29. The van der Waals surface area contributed by atoms with Crippen molar-refractivity contribution >= 4 is 23.5 Å². The molecule has 2 N–H and O–H groups in total. The molecule has 3 aromatic rings. The van der Waals surface area contributed by atoms with Crippen molar-refractivity contribution in [2.45, 2.75) is 31.9 Å².